The molecule has 1 saturated heterocycles. The van der Waals surface area contributed by atoms with Crippen LogP contribution in [0.4, 0.5) is 0 Å². The normalized spacial score (nSPS) is 20.7. The summed E-state index contributed by atoms with van der Waals surface area (Å²) >= 11 is 0. The number of nitrogens with one attached hydrogen (secondary N) is 1. The first-order valence-corrected chi connectivity index (χ1v) is 10.3. The van der Waals surface area contributed by atoms with Gasteiger partial charge < -0.3 is 4.90 Å². The van der Waals surface area contributed by atoms with Crippen molar-refractivity contribution in [3.05, 3.63) is 46.5 Å². The zero-order chi connectivity index (χ0) is 19.0. The summed E-state index contributed by atoms with van der Waals surface area (Å²) in [6, 6.07) is 6.47. The largest absolute Gasteiger partial charge is 0.337 e. The van der Waals surface area contributed by atoms with E-state index in [0.717, 1.165) is 30.9 Å². The molecule has 2 aliphatic rings. The molecule has 1 aliphatic heterocycles. The van der Waals surface area contributed by atoms with Gasteiger partial charge >= 0.3 is 0 Å². The molecule has 0 radical (unpaired) electrons. The van der Waals surface area contributed by atoms with Gasteiger partial charge in [0, 0.05) is 30.4 Å². The van der Waals surface area contributed by atoms with E-state index in [1.165, 1.54) is 36.9 Å². The third kappa shape index (κ3) is 3.78. The maximum atomic E-state index is 12.8. The number of aromatic amines is 1. The summed E-state index contributed by atoms with van der Waals surface area (Å²) in [4.78, 5) is 19.6. The van der Waals surface area contributed by atoms with E-state index < -0.39 is 0 Å². The predicted molar refractivity (Wildman–Crippen MR) is 106 cm³/mol. The Morgan fingerprint density at radius 3 is 2.63 bits per heavy atom. The van der Waals surface area contributed by atoms with Crippen LogP contribution in [0.25, 0.3) is 0 Å². The van der Waals surface area contributed by atoms with E-state index in [1.807, 2.05) is 11.0 Å². The Hall–Kier alpha value is -2.17. The fourth-order valence-corrected chi connectivity index (χ4v) is 4.52. The standard InChI is InChI=1S/C22H30N4O/c1-14(2)19-12-21(25-24-19)22(27)26-9-8-17(13-26)20-11-18(10-15(3)23-20)16-6-4-5-7-16/h10-12,14,16-17H,4-9,13H2,1-3H3,(H,24,25). The molecule has 4 rings (SSSR count). The van der Waals surface area contributed by atoms with Gasteiger partial charge in [-0.1, -0.05) is 26.7 Å². The lowest BCUT2D eigenvalue weighted by Gasteiger charge is -2.17. The lowest BCUT2D eigenvalue weighted by Crippen LogP contribution is -2.28. The van der Waals surface area contributed by atoms with E-state index >= 15 is 0 Å². The van der Waals surface area contributed by atoms with Crippen molar-refractivity contribution in [2.75, 3.05) is 13.1 Å². The number of H-pyrrole nitrogens is 1. The van der Waals surface area contributed by atoms with Crippen LogP contribution in [0, 0.1) is 6.92 Å². The Labute approximate surface area is 161 Å². The Morgan fingerprint density at radius 1 is 1.15 bits per heavy atom. The van der Waals surface area contributed by atoms with E-state index in [2.05, 4.69) is 43.1 Å². The molecule has 144 valence electrons. The summed E-state index contributed by atoms with van der Waals surface area (Å²) in [5, 5.41) is 7.18. The highest BCUT2D eigenvalue weighted by atomic mass is 16.2. The van der Waals surface area contributed by atoms with Crippen LogP contribution in [0.2, 0.25) is 0 Å². The van der Waals surface area contributed by atoms with E-state index in [1.54, 1.807) is 0 Å². The lowest BCUT2D eigenvalue weighted by molar-refractivity contribution is 0.0785. The van der Waals surface area contributed by atoms with Crippen LogP contribution >= 0.6 is 0 Å². The first kappa shape index (κ1) is 18.2. The number of aryl methyl sites for hydroxylation is 1. The van der Waals surface area contributed by atoms with Crippen LogP contribution in [0.3, 0.4) is 0 Å². The molecule has 5 nitrogen and oxygen atoms in total. The summed E-state index contributed by atoms with van der Waals surface area (Å²) in [5.74, 6) is 1.41. The monoisotopic (exact) mass is 366 g/mol. The van der Waals surface area contributed by atoms with Crippen molar-refractivity contribution < 1.29 is 4.79 Å². The number of carbonyl (C=O) groups excluding carboxylic acids is 1. The highest BCUT2D eigenvalue weighted by molar-refractivity contribution is 5.92. The minimum atomic E-state index is 0.0561. The van der Waals surface area contributed by atoms with Crippen LogP contribution in [-0.2, 0) is 0 Å². The summed E-state index contributed by atoms with van der Waals surface area (Å²) in [5.41, 5.74) is 5.27. The third-order valence-corrected chi connectivity index (χ3v) is 6.14. The molecule has 1 saturated carbocycles. The number of amides is 1. The number of aromatic nitrogens is 3. The average molecular weight is 367 g/mol. The molecular formula is C22H30N4O. The maximum absolute atomic E-state index is 12.8. The van der Waals surface area contributed by atoms with Crippen LogP contribution in [0.5, 0.6) is 0 Å². The number of rotatable bonds is 4. The van der Waals surface area contributed by atoms with Gasteiger partial charge in [-0.05, 0) is 61.8 Å². The lowest BCUT2D eigenvalue weighted by atomic mass is 9.94. The highest BCUT2D eigenvalue weighted by Crippen LogP contribution is 2.36. The van der Waals surface area contributed by atoms with Gasteiger partial charge in [-0.15, -0.1) is 0 Å². The van der Waals surface area contributed by atoms with Gasteiger partial charge in [-0.2, -0.15) is 5.10 Å². The fourth-order valence-electron chi connectivity index (χ4n) is 4.52. The quantitative estimate of drug-likeness (QED) is 0.865. The Kier molecular flexibility index (Phi) is 5.02. The molecule has 5 heteroatoms. The summed E-state index contributed by atoms with van der Waals surface area (Å²) in [6.07, 6.45) is 6.27. The second kappa shape index (κ2) is 7.45. The Balaban J connectivity index is 1.48. The van der Waals surface area contributed by atoms with E-state index in [4.69, 9.17) is 4.98 Å². The van der Waals surface area contributed by atoms with Gasteiger partial charge in [0.1, 0.15) is 5.69 Å². The summed E-state index contributed by atoms with van der Waals surface area (Å²) in [6.45, 7) is 7.80. The molecule has 1 amide bonds. The summed E-state index contributed by atoms with van der Waals surface area (Å²) in [7, 11) is 0. The Bertz CT molecular complexity index is 819. The SMILES string of the molecule is Cc1cc(C2CCCC2)cc(C2CCN(C(=O)c3cc(C(C)C)n[nH]3)C2)n1. The molecule has 1 aliphatic carbocycles. The molecule has 27 heavy (non-hydrogen) atoms. The molecular weight excluding hydrogens is 336 g/mol. The zero-order valence-corrected chi connectivity index (χ0v) is 16.7. The number of hydrogen-bond acceptors (Lipinski definition) is 3. The topological polar surface area (TPSA) is 61.9 Å². The molecule has 2 fully saturated rings. The molecule has 1 atom stereocenters. The van der Waals surface area contributed by atoms with Gasteiger partial charge in [-0.3, -0.25) is 14.9 Å². The number of carbonyl (C=O) groups is 1. The second-order valence-corrected chi connectivity index (χ2v) is 8.55. The molecule has 0 spiro atoms. The molecule has 0 aromatic carbocycles. The second-order valence-electron chi connectivity index (χ2n) is 8.55. The average Bonchev–Trinajstić information content (AvgIpc) is 3.42. The minimum Gasteiger partial charge on any atom is -0.337 e. The molecule has 3 heterocycles. The van der Waals surface area contributed by atoms with Crippen LogP contribution in [0.15, 0.2) is 18.2 Å². The fraction of sp³-hybridized carbons (Fsp3) is 0.591. The Morgan fingerprint density at radius 2 is 1.93 bits per heavy atom. The highest BCUT2D eigenvalue weighted by Gasteiger charge is 2.30. The van der Waals surface area contributed by atoms with Crippen LogP contribution in [0.1, 0.15) is 96.8 Å². The van der Waals surface area contributed by atoms with Gasteiger partial charge in [-0.25, -0.2) is 0 Å². The maximum Gasteiger partial charge on any atom is 0.271 e. The van der Waals surface area contributed by atoms with Crippen LogP contribution in [-0.4, -0.2) is 39.1 Å². The van der Waals surface area contributed by atoms with Crippen molar-refractivity contribution in [3.8, 4) is 0 Å². The molecule has 0 bridgehead atoms. The van der Waals surface area contributed by atoms with Gasteiger partial charge in [0.25, 0.3) is 5.91 Å². The van der Waals surface area contributed by atoms with Crippen molar-refractivity contribution in [1.29, 1.82) is 0 Å². The number of likely N-dealkylation sites (tertiary alicyclic amines) is 1. The van der Waals surface area contributed by atoms with E-state index in [0.29, 0.717) is 23.4 Å². The first-order valence-electron chi connectivity index (χ1n) is 10.3. The summed E-state index contributed by atoms with van der Waals surface area (Å²) < 4.78 is 0. The number of nitrogens with zero attached hydrogens (tertiary/aromatic N) is 3. The zero-order valence-electron chi connectivity index (χ0n) is 16.7. The van der Waals surface area contributed by atoms with Crippen molar-refractivity contribution in [3.63, 3.8) is 0 Å². The van der Waals surface area contributed by atoms with Gasteiger partial charge in [0.2, 0.25) is 0 Å². The predicted octanol–water partition coefficient (Wildman–Crippen LogP) is 4.52. The van der Waals surface area contributed by atoms with Crippen molar-refractivity contribution in [2.45, 2.75) is 70.6 Å². The van der Waals surface area contributed by atoms with E-state index in [9.17, 15) is 4.79 Å². The third-order valence-electron chi connectivity index (χ3n) is 6.14. The van der Waals surface area contributed by atoms with E-state index in [-0.39, 0.29) is 5.91 Å². The van der Waals surface area contributed by atoms with Crippen LogP contribution < -0.4 is 0 Å². The van der Waals surface area contributed by atoms with Gasteiger partial charge in [0.15, 0.2) is 0 Å². The molecule has 1 N–H and O–H groups in total. The van der Waals surface area contributed by atoms with Crippen molar-refractivity contribution in [2.24, 2.45) is 0 Å². The van der Waals surface area contributed by atoms with Crippen molar-refractivity contribution >= 4 is 5.91 Å². The molecule has 1 unspecified atom stereocenters. The minimum absolute atomic E-state index is 0.0561. The molecule has 2 aromatic rings. The van der Waals surface area contributed by atoms with Gasteiger partial charge in [0.05, 0.1) is 5.69 Å². The first-order chi connectivity index (χ1) is 13.0. The number of hydrogen-bond donors (Lipinski definition) is 1. The number of pyridine rings is 1. The molecule has 2 aromatic heterocycles. The van der Waals surface area contributed by atoms with Crippen molar-refractivity contribution in [1.82, 2.24) is 20.1 Å². The smallest absolute Gasteiger partial charge is 0.271 e.